The van der Waals surface area contributed by atoms with Crippen LogP contribution >= 0.6 is 15.5 Å². The zero-order valence-corrected chi connectivity index (χ0v) is 9.24. The Morgan fingerprint density at radius 2 is 1.46 bits per heavy atom. The highest BCUT2D eigenvalue weighted by molar-refractivity contribution is 7.75. The Kier molecular flexibility index (Phi) is 4.05. The molecule has 0 aromatic rings. The summed E-state index contributed by atoms with van der Waals surface area (Å²) in [5.41, 5.74) is 0. The lowest BCUT2D eigenvalue weighted by atomic mass is 10.2. The summed E-state index contributed by atoms with van der Waals surface area (Å²) in [5.74, 6) is 0. The second-order valence-corrected chi connectivity index (χ2v) is 7.09. The van der Waals surface area contributed by atoms with E-state index in [9.17, 15) is 4.57 Å². The van der Waals surface area contributed by atoms with Crippen molar-refractivity contribution in [3.05, 3.63) is 0 Å². The van der Waals surface area contributed by atoms with Gasteiger partial charge in [-0.15, -0.1) is 0 Å². The molecule has 8 heteroatoms. The summed E-state index contributed by atoms with van der Waals surface area (Å²) in [4.78, 5) is 42.7. The van der Waals surface area contributed by atoms with Gasteiger partial charge >= 0.3 is 15.5 Å². The third-order valence-corrected chi connectivity index (χ3v) is 7.29. The zero-order valence-electron chi connectivity index (χ0n) is 7.45. The van der Waals surface area contributed by atoms with Crippen molar-refractivity contribution in [2.75, 3.05) is 0 Å². The van der Waals surface area contributed by atoms with E-state index in [1.165, 1.54) is 13.8 Å². The Bertz CT molecular complexity index is 212. The minimum atomic E-state index is -4.73. The zero-order chi connectivity index (χ0) is 10.9. The predicted molar refractivity (Wildman–Crippen MR) is 48.9 cm³/mol. The maximum Gasteiger partial charge on any atom is 0.422 e. The van der Waals surface area contributed by atoms with Gasteiger partial charge in [0.15, 0.2) is 0 Å². The van der Waals surface area contributed by atoms with Gasteiger partial charge in [-0.25, -0.2) is 0 Å². The molecule has 0 saturated heterocycles. The normalized spacial score (nSPS) is 14.7. The maximum absolute atomic E-state index is 11.0. The van der Waals surface area contributed by atoms with Gasteiger partial charge in [-0.2, -0.15) is 14.7 Å². The van der Waals surface area contributed by atoms with E-state index in [1.807, 2.05) is 0 Å². The minimum Gasteiger partial charge on any atom is -0.321 e. The molecular weight excluding hydrogens is 218 g/mol. The summed E-state index contributed by atoms with van der Waals surface area (Å²) in [6.07, 6.45) is -0.379. The minimum absolute atomic E-state index is 0.189. The van der Waals surface area contributed by atoms with E-state index >= 15 is 0 Å². The molecule has 0 saturated carbocycles. The molecule has 0 unspecified atom stereocenters. The van der Waals surface area contributed by atoms with E-state index in [4.69, 9.17) is 24.5 Å². The van der Waals surface area contributed by atoms with Crippen LogP contribution in [0.2, 0.25) is 0 Å². The van der Waals surface area contributed by atoms with Gasteiger partial charge in [-0.1, -0.05) is 13.8 Å². The maximum atomic E-state index is 11.0. The van der Waals surface area contributed by atoms with Gasteiger partial charge in [-0.05, 0) is 0 Å². The van der Waals surface area contributed by atoms with Gasteiger partial charge in [0.25, 0.3) is 4.90 Å². The van der Waals surface area contributed by atoms with Gasteiger partial charge in [0.05, 0.1) is 0 Å². The van der Waals surface area contributed by atoms with E-state index in [2.05, 4.69) is 0 Å². The number of rotatable bonds is 4. The standard InChI is InChI=1S/C5H14O6P2/c1-3-5(4-2,12(6,7)8)13(9,10)11/h6-8H,3-4H2,1-2H3,(H-,9,10,11)/p+1. The Labute approximate surface area is 77.0 Å². The molecule has 0 aliphatic carbocycles. The molecule has 0 bridgehead atoms. The Balaban J connectivity index is 5.31. The average molecular weight is 233 g/mol. The van der Waals surface area contributed by atoms with Crippen LogP contribution in [0.3, 0.4) is 0 Å². The summed E-state index contributed by atoms with van der Waals surface area (Å²) in [7, 11) is -9.27. The lowest BCUT2D eigenvalue weighted by Crippen LogP contribution is -2.30. The summed E-state index contributed by atoms with van der Waals surface area (Å²) in [6.45, 7) is 2.78. The summed E-state index contributed by atoms with van der Waals surface area (Å²) >= 11 is 0. The molecule has 0 aromatic heterocycles. The molecule has 0 spiro atoms. The van der Waals surface area contributed by atoms with Crippen LogP contribution in [-0.4, -0.2) is 29.4 Å². The number of hydrogen-bond acceptors (Lipinski definition) is 4. The van der Waals surface area contributed by atoms with Gasteiger partial charge < -0.3 is 9.79 Å². The highest BCUT2D eigenvalue weighted by Crippen LogP contribution is 2.76. The van der Waals surface area contributed by atoms with Crippen LogP contribution in [0.5, 0.6) is 0 Å². The third-order valence-electron chi connectivity index (χ3n) is 2.23. The molecule has 0 atom stereocenters. The van der Waals surface area contributed by atoms with Crippen molar-refractivity contribution in [3.8, 4) is 0 Å². The fourth-order valence-electron chi connectivity index (χ4n) is 1.26. The Hall–Kier alpha value is 0.460. The first-order chi connectivity index (χ1) is 5.62. The Morgan fingerprint density at radius 3 is 1.46 bits per heavy atom. The van der Waals surface area contributed by atoms with Crippen LogP contribution in [0.15, 0.2) is 0 Å². The molecule has 0 aliphatic rings. The van der Waals surface area contributed by atoms with Crippen molar-refractivity contribution in [2.24, 2.45) is 0 Å². The van der Waals surface area contributed by atoms with Crippen molar-refractivity contribution < 1.29 is 29.0 Å². The van der Waals surface area contributed by atoms with Crippen molar-refractivity contribution in [2.45, 2.75) is 31.6 Å². The molecule has 0 rings (SSSR count). The summed E-state index contributed by atoms with van der Waals surface area (Å²) < 4.78 is 11.0. The van der Waals surface area contributed by atoms with Crippen LogP contribution < -0.4 is 0 Å². The highest BCUT2D eigenvalue weighted by atomic mass is 31.3. The van der Waals surface area contributed by atoms with Crippen molar-refractivity contribution in [1.29, 1.82) is 0 Å². The fourth-order valence-corrected chi connectivity index (χ4v) is 4.33. The van der Waals surface area contributed by atoms with Gasteiger partial charge in [0.2, 0.25) is 0 Å². The molecule has 0 amide bonds. The van der Waals surface area contributed by atoms with E-state index in [0.717, 1.165) is 0 Å². The van der Waals surface area contributed by atoms with Gasteiger partial charge in [0.1, 0.15) is 0 Å². The third kappa shape index (κ3) is 2.28. The second kappa shape index (κ2) is 3.91. The van der Waals surface area contributed by atoms with Crippen LogP contribution in [0.4, 0.5) is 0 Å². The molecule has 0 aromatic carbocycles. The molecule has 6 nitrogen and oxygen atoms in total. The van der Waals surface area contributed by atoms with Crippen molar-refractivity contribution in [1.82, 2.24) is 0 Å². The SMILES string of the molecule is CCC(CC)(P(=O)(O)O)[P+](O)(O)O. The summed E-state index contributed by atoms with van der Waals surface area (Å²) in [5, 5.41) is 0. The average Bonchev–Trinajstić information content (AvgIpc) is 1.84. The van der Waals surface area contributed by atoms with Crippen molar-refractivity contribution >= 4 is 15.5 Å². The molecule has 0 aliphatic heterocycles. The fraction of sp³-hybridized carbons (Fsp3) is 1.00. The molecular formula is C5H15O6P2+. The topological polar surface area (TPSA) is 118 Å². The predicted octanol–water partition coefficient (Wildman–Crippen LogP) is 0.420. The van der Waals surface area contributed by atoms with Crippen molar-refractivity contribution in [3.63, 3.8) is 0 Å². The van der Waals surface area contributed by atoms with E-state index in [-0.39, 0.29) is 12.8 Å². The van der Waals surface area contributed by atoms with Crippen LogP contribution in [-0.2, 0) is 4.57 Å². The molecule has 0 heterocycles. The molecule has 80 valence electrons. The van der Waals surface area contributed by atoms with Crippen LogP contribution in [0.25, 0.3) is 0 Å². The first-order valence-electron chi connectivity index (χ1n) is 3.75. The van der Waals surface area contributed by atoms with Crippen LogP contribution in [0, 0.1) is 0 Å². The molecule has 13 heavy (non-hydrogen) atoms. The second-order valence-electron chi connectivity index (χ2n) is 2.80. The smallest absolute Gasteiger partial charge is 0.321 e. The monoisotopic (exact) mass is 233 g/mol. The lowest BCUT2D eigenvalue weighted by molar-refractivity contribution is 0.272. The summed E-state index contributed by atoms with van der Waals surface area (Å²) in [6, 6.07) is 0. The first-order valence-corrected chi connectivity index (χ1v) is 7.01. The number of hydrogen-bond donors (Lipinski definition) is 5. The first kappa shape index (κ1) is 13.5. The lowest BCUT2D eigenvalue weighted by Gasteiger charge is -2.30. The van der Waals surface area contributed by atoms with Gasteiger partial charge in [0, 0.05) is 12.8 Å². The van der Waals surface area contributed by atoms with Crippen LogP contribution in [0.1, 0.15) is 26.7 Å². The molecule has 0 radical (unpaired) electrons. The largest absolute Gasteiger partial charge is 0.422 e. The van der Waals surface area contributed by atoms with E-state index < -0.39 is 20.4 Å². The Morgan fingerprint density at radius 1 is 1.15 bits per heavy atom. The molecule has 0 fully saturated rings. The van der Waals surface area contributed by atoms with E-state index in [0.29, 0.717) is 0 Å². The quantitative estimate of drug-likeness (QED) is 0.449. The van der Waals surface area contributed by atoms with Gasteiger partial charge in [-0.3, -0.25) is 4.57 Å². The van der Waals surface area contributed by atoms with E-state index in [1.54, 1.807) is 0 Å². The highest BCUT2D eigenvalue weighted by Gasteiger charge is 2.67. The molecule has 5 N–H and O–H groups in total.